The number of carbonyl (C=O) groups is 1. The van der Waals surface area contributed by atoms with Crippen LogP contribution >= 0.6 is 15.9 Å². The number of benzene rings is 1. The molecule has 1 saturated carbocycles. The van der Waals surface area contributed by atoms with E-state index in [0.29, 0.717) is 11.8 Å². The summed E-state index contributed by atoms with van der Waals surface area (Å²) in [7, 11) is 0. The quantitative estimate of drug-likeness (QED) is 0.879. The highest BCUT2D eigenvalue weighted by Crippen LogP contribution is 2.46. The van der Waals surface area contributed by atoms with Gasteiger partial charge in [0.05, 0.1) is 0 Å². The van der Waals surface area contributed by atoms with Crippen molar-refractivity contribution in [2.45, 2.75) is 6.04 Å². The molecular weight excluding hydrogens is 284 g/mol. The molecular formula is C12H13BrN2O2. The monoisotopic (exact) mass is 296 g/mol. The summed E-state index contributed by atoms with van der Waals surface area (Å²) in [5.41, 5.74) is 1.22. The Hall–Kier alpha value is -1.23. The predicted octanol–water partition coefficient (Wildman–Crippen LogP) is 2.15. The second kappa shape index (κ2) is 3.91. The van der Waals surface area contributed by atoms with E-state index < -0.39 is 6.09 Å². The molecule has 0 radical (unpaired) electrons. The van der Waals surface area contributed by atoms with Crippen LogP contribution in [0.15, 0.2) is 28.7 Å². The van der Waals surface area contributed by atoms with Crippen LogP contribution in [-0.2, 0) is 0 Å². The molecule has 1 aliphatic carbocycles. The predicted molar refractivity (Wildman–Crippen MR) is 68.3 cm³/mol. The third-order valence-electron chi connectivity index (χ3n) is 3.68. The largest absolute Gasteiger partial charge is 0.465 e. The number of nitrogens with zero attached hydrogens (tertiary/aromatic N) is 1. The number of amides is 1. The first kappa shape index (κ1) is 10.9. The molecule has 2 N–H and O–H groups in total. The van der Waals surface area contributed by atoms with Crippen LogP contribution in [0.25, 0.3) is 0 Å². The Bertz CT molecular complexity index is 436. The third kappa shape index (κ3) is 1.99. The molecule has 1 saturated heterocycles. The Morgan fingerprint density at radius 1 is 1.29 bits per heavy atom. The lowest BCUT2D eigenvalue weighted by Crippen LogP contribution is -2.33. The van der Waals surface area contributed by atoms with E-state index in [2.05, 4.69) is 38.3 Å². The summed E-state index contributed by atoms with van der Waals surface area (Å²) in [4.78, 5) is 12.9. The van der Waals surface area contributed by atoms with Gasteiger partial charge in [-0.1, -0.05) is 15.9 Å². The number of anilines is 1. The molecule has 3 rings (SSSR count). The van der Waals surface area contributed by atoms with Gasteiger partial charge in [-0.25, -0.2) is 4.79 Å². The van der Waals surface area contributed by atoms with Gasteiger partial charge in [-0.15, -0.1) is 0 Å². The summed E-state index contributed by atoms with van der Waals surface area (Å²) in [5, 5.41) is 11.2. The number of nitrogens with one attached hydrogen (secondary N) is 1. The number of rotatable bonds is 2. The van der Waals surface area contributed by atoms with Crippen LogP contribution in [0.1, 0.15) is 0 Å². The van der Waals surface area contributed by atoms with Crippen LogP contribution in [0, 0.1) is 11.8 Å². The fourth-order valence-corrected chi connectivity index (χ4v) is 3.01. The van der Waals surface area contributed by atoms with Gasteiger partial charge in [0, 0.05) is 41.1 Å². The van der Waals surface area contributed by atoms with Gasteiger partial charge in [0.25, 0.3) is 0 Å². The van der Waals surface area contributed by atoms with Crippen LogP contribution in [0.3, 0.4) is 0 Å². The van der Waals surface area contributed by atoms with E-state index in [-0.39, 0.29) is 6.04 Å². The van der Waals surface area contributed by atoms with E-state index in [4.69, 9.17) is 5.11 Å². The highest BCUT2D eigenvalue weighted by molar-refractivity contribution is 9.10. The van der Waals surface area contributed by atoms with Crippen molar-refractivity contribution in [1.29, 1.82) is 0 Å². The first-order valence-electron chi connectivity index (χ1n) is 5.65. The normalized spacial score (nSPS) is 29.9. The number of piperidine rings is 1. The molecule has 4 nitrogen and oxygen atoms in total. The minimum Gasteiger partial charge on any atom is -0.465 e. The molecule has 1 aromatic carbocycles. The first-order valence-corrected chi connectivity index (χ1v) is 6.44. The van der Waals surface area contributed by atoms with Crippen molar-refractivity contribution in [3.8, 4) is 0 Å². The van der Waals surface area contributed by atoms with Crippen LogP contribution < -0.4 is 10.2 Å². The van der Waals surface area contributed by atoms with Gasteiger partial charge < -0.3 is 15.3 Å². The lowest BCUT2D eigenvalue weighted by atomic mass is 10.2. The fourth-order valence-electron chi connectivity index (χ4n) is 2.75. The van der Waals surface area contributed by atoms with Gasteiger partial charge in [-0.05, 0) is 24.3 Å². The zero-order valence-corrected chi connectivity index (χ0v) is 10.7. The SMILES string of the molecule is O=C(O)NC1[C@H]2CN(c3ccc(Br)cc3)C[C@@H]12. The smallest absolute Gasteiger partial charge is 0.404 e. The molecule has 1 aromatic rings. The summed E-state index contributed by atoms with van der Waals surface area (Å²) in [6.45, 7) is 1.91. The number of halogens is 1. The Balaban J connectivity index is 1.61. The van der Waals surface area contributed by atoms with Gasteiger partial charge >= 0.3 is 6.09 Å². The molecule has 90 valence electrons. The molecule has 1 aliphatic heterocycles. The minimum absolute atomic E-state index is 0.180. The zero-order chi connectivity index (χ0) is 12.0. The van der Waals surface area contributed by atoms with E-state index in [1.165, 1.54) is 5.69 Å². The van der Waals surface area contributed by atoms with Gasteiger partial charge in [0.1, 0.15) is 0 Å². The van der Waals surface area contributed by atoms with E-state index in [9.17, 15) is 4.79 Å². The van der Waals surface area contributed by atoms with Gasteiger partial charge in [-0.2, -0.15) is 0 Å². The second-order valence-corrected chi connectivity index (χ2v) is 5.60. The molecule has 1 heterocycles. The van der Waals surface area contributed by atoms with Gasteiger partial charge in [0.2, 0.25) is 0 Å². The maximum Gasteiger partial charge on any atom is 0.404 e. The molecule has 5 heteroatoms. The maximum atomic E-state index is 10.5. The highest BCUT2D eigenvalue weighted by Gasteiger charge is 2.56. The average molecular weight is 297 g/mol. The van der Waals surface area contributed by atoms with E-state index in [1.807, 2.05) is 12.1 Å². The summed E-state index contributed by atoms with van der Waals surface area (Å²) >= 11 is 3.42. The Morgan fingerprint density at radius 2 is 1.88 bits per heavy atom. The van der Waals surface area contributed by atoms with E-state index in [1.54, 1.807) is 0 Å². The maximum absolute atomic E-state index is 10.5. The Morgan fingerprint density at radius 3 is 2.41 bits per heavy atom. The summed E-state index contributed by atoms with van der Waals surface area (Å²) in [5.74, 6) is 0.990. The molecule has 17 heavy (non-hydrogen) atoms. The molecule has 3 atom stereocenters. The molecule has 0 aromatic heterocycles. The lowest BCUT2D eigenvalue weighted by molar-refractivity contribution is 0.192. The van der Waals surface area contributed by atoms with Crippen molar-refractivity contribution < 1.29 is 9.90 Å². The van der Waals surface area contributed by atoms with Crippen molar-refractivity contribution >= 4 is 27.7 Å². The Labute approximate surface area is 108 Å². The van der Waals surface area contributed by atoms with Crippen LogP contribution in [0.2, 0.25) is 0 Å². The van der Waals surface area contributed by atoms with Crippen LogP contribution in [0.5, 0.6) is 0 Å². The van der Waals surface area contributed by atoms with E-state index in [0.717, 1.165) is 17.6 Å². The first-order chi connectivity index (χ1) is 8.15. The fraction of sp³-hybridized carbons (Fsp3) is 0.417. The topological polar surface area (TPSA) is 52.6 Å². The van der Waals surface area contributed by atoms with Crippen molar-refractivity contribution in [3.63, 3.8) is 0 Å². The molecule has 2 fully saturated rings. The Kier molecular flexibility index (Phi) is 2.50. The summed E-state index contributed by atoms with van der Waals surface area (Å²) in [6.07, 6.45) is -0.903. The summed E-state index contributed by atoms with van der Waals surface area (Å²) < 4.78 is 1.08. The van der Waals surface area contributed by atoms with Gasteiger partial charge in [-0.3, -0.25) is 0 Å². The summed E-state index contributed by atoms with van der Waals surface area (Å²) in [6, 6.07) is 8.43. The number of hydrogen-bond acceptors (Lipinski definition) is 2. The van der Waals surface area contributed by atoms with Crippen LogP contribution in [0.4, 0.5) is 10.5 Å². The van der Waals surface area contributed by atoms with E-state index >= 15 is 0 Å². The highest BCUT2D eigenvalue weighted by atomic mass is 79.9. The van der Waals surface area contributed by atoms with Crippen molar-refractivity contribution in [3.05, 3.63) is 28.7 Å². The molecule has 1 unspecified atom stereocenters. The molecule has 0 spiro atoms. The second-order valence-electron chi connectivity index (χ2n) is 4.68. The zero-order valence-electron chi connectivity index (χ0n) is 9.14. The lowest BCUT2D eigenvalue weighted by Gasteiger charge is -2.22. The minimum atomic E-state index is -0.903. The molecule has 1 amide bonds. The number of carboxylic acid groups (broad SMARTS) is 1. The van der Waals surface area contributed by atoms with Crippen molar-refractivity contribution in [1.82, 2.24) is 5.32 Å². The molecule has 0 bridgehead atoms. The standard InChI is InChI=1S/C12H13BrN2O2/c13-7-1-3-8(4-2-7)15-5-9-10(6-15)11(9)14-12(16)17/h1-4,9-11,14H,5-6H2,(H,16,17)/t9-,10+,11?. The van der Waals surface area contributed by atoms with Crippen molar-refractivity contribution in [2.75, 3.05) is 18.0 Å². The number of fused-ring (bicyclic) bond motifs is 1. The molecule has 2 aliphatic rings. The van der Waals surface area contributed by atoms with Crippen molar-refractivity contribution in [2.24, 2.45) is 11.8 Å². The van der Waals surface area contributed by atoms with Crippen LogP contribution in [-0.4, -0.2) is 30.3 Å². The average Bonchev–Trinajstić information content (AvgIpc) is 2.75. The van der Waals surface area contributed by atoms with Gasteiger partial charge in [0.15, 0.2) is 0 Å². The third-order valence-corrected chi connectivity index (χ3v) is 4.20. The number of hydrogen-bond donors (Lipinski definition) is 2.